The highest BCUT2D eigenvalue weighted by molar-refractivity contribution is 5.95. The van der Waals surface area contributed by atoms with Crippen LogP contribution in [0.5, 0.6) is 0 Å². The lowest BCUT2D eigenvalue weighted by molar-refractivity contribution is 0.0881. The molecule has 1 amide bonds. The Morgan fingerprint density at radius 1 is 1.53 bits per heavy atom. The van der Waals surface area contributed by atoms with Crippen LogP contribution in [-0.4, -0.2) is 41.5 Å². The van der Waals surface area contributed by atoms with E-state index in [1.807, 2.05) is 14.0 Å². The minimum absolute atomic E-state index is 0.198. The van der Waals surface area contributed by atoms with Gasteiger partial charge in [-0.1, -0.05) is 0 Å². The molecule has 0 unspecified atom stereocenters. The predicted octanol–water partition coefficient (Wildman–Crippen LogP) is 1.11. The summed E-state index contributed by atoms with van der Waals surface area (Å²) in [7, 11) is 2.02. The molecule has 0 bridgehead atoms. The Bertz CT molecular complexity index is 512. The molecule has 1 aliphatic heterocycles. The molecule has 0 aromatic carbocycles. The lowest BCUT2D eigenvalue weighted by Crippen LogP contribution is -2.53. The number of nitriles is 1. The number of aromatic nitrogens is 1. The molecule has 2 heterocycles. The van der Waals surface area contributed by atoms with E-state index >= 15 is 0 Å². The molecule has 100 valence electrons. The zero-order valence-electron chi connectivity index (χ0n) is 11.3. The maximum Gasteiger partial charge on any atom is 0.252 e. The standard InChI is InChI=1S/C14H18N4O/c1-11-9-12(3-6-16-11)13(19)17-14(10-15)4-7-18(2)8-5-14/h3,6,9H,4-5,7-8H2,1-2H3,(H,17,19). The summed E-state index contributed by atoms with van der Waals surface area (Å²) in [6, 6.07) is 5.68. The fraction of sp³-hybridized carbons (Fsp3) is 0.500. The van der Waals surface area contributed by atoms with Crippen molar-refractivity contribution in [2.24, 2.45) is 0 Å². The van der Waals surface area contributed by atoms with Gasteiger partial charge in [0.25, 0.3) is 5.91 Å². The lowest BCUT2D eigenvalue weighted by atomic mass is 9.89. The van der Waals surface area contributed by atoms with E-state index in [2.05, 4.69) is 21.3 Å². The number of hydrogen-bond donors (Lipinski definition) is 1. The molecule has 1 aromatic heterocycles. The highest BCUT2D eigenvalue weighted by Gasteiger charge is 2.35. The quantitative estimate of drug-likeness (QED) is 0.862. The highest BCUT2D eigenvalue weighted by Crippen LogP contribution is 2.21. The van der Waals surface area contributed by atoms with Gasteiger partial charge in [0.1, 0.15) is 5.54 Å². The first-order valence-corrected chi connectivity index (χ1v) is 6.40. The van der Waals surface area contributed by atoms with E-state index < -0.39 is 5.54 Å². The van der Waals surface area contributed by atoms with Crippen molar-refractivity contribution >= 4 is 5.91 Å². The Labute approximate surface area is 113 Å². The number of pyridine rings is 1. The molecule has 1 saturated heterocycles. The topological polar surface area (TPSA) is 69.0 Å². The van der Waals surface area contributed by atoms with Gasteiger partial charge in [0.2, 0.25) is 0 Å². The van der Waals surface area contributed by atoms with Crippen LogP contribution in [0.4, 0.5) is 0 Å². The SMILES string of the molecule is Cc1cc(C(=O)NC2(C#N)CCN(C)CC2)ccn1. The molecule has 19 heavy (non-hydrogen) atoms. The first kappa shape index (κ1) is 13.5. The molecular weight excluding hydrogens is 240 g/mol. The third-order valence-electron chi connectivity index (χ3n) is 3.57. The van der Waals surface area contributed by atoms with Gasteiger partial charge in [-0.05, 0) is 38.9 Å². The number of piperidine rings is 1. The van der Waals surface area contributed by atoms with Crippen LogP contribution in [0.2, 0.25) is 0 Å². The first-order chi connectivity index (χ1) is 9.04. The first-order valence-electron chi connectivity index (χ1n) is 6.40. The van der Waals surface area contributed by atoms with Crippen LogP contribution < -0.4 is 5.32 Å². The molecule has 1 aromatic rings. The Kier molecular flexibility index (Phi) is 3.82. The summed E-state index contributed by atoms with van der Waals surface area (Å²) in [6.45, 7) is 3.48. The van der Waals surface area contributed by atoms with E-state index in [1.54, 1.807) is 18.3 Å². The zero-order valence-corrected chi connectivity index (χ0v) is 11.3. The van der Waals surface area contributed by atoms with Crippen molar-refractivity contribution in [2.75, 3.05) is 20.1 Å². The van der Waals surface area contributed by atoms with Crippen molar-refractivity contribution in [1.29, 1.82) is 5.26 Å². The number of carbonyl (C=O) groups is 1. The normalized spacial score (nSPS) is 18.6. The molecule has 2 rings (SSSR count). The van der Waals surface area contributed by atoms with Crippen molar-refractivity contribution in [3.05, 3.63) is 29.6 Å². The Morgan fingerprint density at radius 3 is 2.79 bits per heavy atom. The van der Waals surface area contributed by atoms with Gasteiger partial charge in [-0.3, -0.25) is 9.78 Å². The largest absolute Gasteiger partial charge is 0.334 e. The Balaban J connectivity index is 2.11. The lowest BCUT2D eigenvalue weighted by Gasteiger charge is -2.36. The van der Waals surface area contributed by atoms with Crippen molar-refractivity contribution in [2.45, 2.75) is 25.3 Å². The summed E-state index contributed by atoms with van der Waals surface area (Å²) in [5.41, 5.74) is 0.615. The van der Waals surface area contributed by atoms with Crippen LogP contribution in [-0.2, 0) is 0 Å². The minimum Gasteiger partial charge on any atom is -0.334 e. The number of aryl methyl sites for hydroxylation is 1. The summed E-state index contributed by atoms with van der Waals surface area (Å²) < 4.78 is 0. The van der Waals surface area contributed by atoms with Crippen LogP contribution in [0.15, 0.2) is 18.3 Å². The summed E-state index contributed by atoms with van der Waals surface area (Å²) >= 11 is 0. The van der Waals surface area contributed by atoms with Crippen LogP contribution in [0.3, 0.4) is 0 Å². The van der Waals surface area contributed by atoms with Crippen molar-refractivity contribution in [1.82, 2.24) is 15.2 Å². The summed E-state index contributed by atoms with van der Waals surface area (Å²) in [6.07, 6.45) is 2.93. The van der Waals surface area contributed by atoms with Crippen LogP contribution in [0.1, 0.15) is 28.9 Å². The third-order valence-corrected chi connectivity index (χ3v) is 3.57. The third kappa shape index (κ3) is 3.09. The molecule has 5 heteroatoms. The van der Waals surface area contributed by atoms with E-state index in [4.69, 9.17) is 0 Å². The second kappa shape index (κ2) is 5.37. The molecule has 0 saturated carbocycles. The van der Waals surface area contributed by atoms with E-state index in [9.17, 15) is 10.1 Å². The smallest absolute Gasteiger partial charge is 0.252 e. The van der Waals surface area contributed by atoms with Gasteiger partial charge in [-0.15, -0.1) is 0 Å². The summed E-state index contributed by atoms with van der Waals surface area (Å²) in [5.74, 6) is -0.198. The number of rotatable bonds is 2. The van der Waals surface area contributed by atoms with Crippen molar-refractivity contribution in [3.8, 4) is 6.07 Å². The molecule has 0 spiro atoms. The number of hydrogen-bond acceptors (Lipinski definition) is 4. The number of nitrogens with one attached hydrogen (secondary N) is 1. The van der Waals surface area contributed by atoms with Gasteiger partial charge in [-0.2, -0.15) is 5.26 Å². The predicted molar refractivity (Wildman–Crippen MR) is 71.5 cm³/mol. The molecule has 0 aliphatic carbocycles. The van der Waals surface area contributed by atoms with Crippen molar-refractivity contribution in [3.63, 3.8) is 0 Å². The van der Waals surface area contributed by atoms with E-state index in [0.29, 0.717) is 18.4 Å². The average Bonchev–Trinajstić information content (AvgIpc) is 2.42. The number of likely N-dealkylation sites (tertiary alicyclic amines) is 1. The average molecular weight is 258 g/mol. The molecule has 1 fully saturated rings. The second-order valence-corrected chi connectivity index (χ2v) is 5.14. The van der Waals surface area contributed by atoms with Gasteiger partial charge < -0.3 is 10.2 Å². The van der Waals surface area contributed by atoms with Crippen LogP contribution >= 0.6 is 0 Å². The number of amides is 1. The Morgan fingerprint density at radius 2 is 2.21 bits per heavy atom. The van der Waals surface area contributed by atoms with Gasteiger partial charge in [-0.25, -0.2) is 0 Å². The number of nitrogens with zero attached hydrogens (tertiary/aromatic N) is 3. The van der Waals surface area contributed by atoms with E-state index in [1.165, 1.54) is 0 Å². The number of carbonyl (C=O) groups excluding carboxylic acids is 1. The van der Waals surface area contributed by atoms with Crippen LogP contribution in [0.25, 0.3) is 0 Å². The van der Waals surface area contributed by atoms with Gasteiger partial charge >= 0.3 is 0 Å². The summed E-state index contributed by atoms with van der Waals surface area (Å²) in [5, 5.41) is 12.3. The maximum atomic E-state index is 12.2. The maximum absolute atomic E-state index is 12.2. The van der Waals surface area contributed by atoms with Gasteiger partial charge in [0, 0.05) is 30.5 Å². The summed E-state index contributed by atoms with van der Waals surface area (Å²) in [4.78, 5) is 18.4. The molecule has 0 atom stereocenters. The second-order valence-electron chi connectivity index (χ2n) is 5.14. The minimum atomic E-state index is -0.735. The van der Waals surface area contributed by atoms with Crippen LogP contribution in [0, 0.1) is 18.3 Å². The fourth-order valence-electron chi connectivity index (χ4n) is 2.24. The molecular formula is C14H18N4O. The fourth-order valence-corrected chi connectivity index (χ4v) is 2.24. The molecule has 1 aliphatic rings. The van der Waals surface area contributed by atoms with Gasteiger partial charge in [0.05, 0.1) is 6.07 Å². The van der Waals surface area contributed by atoms with Crippen molar-refractivity contribution < 1.29 is 4.79 Å². The zero-order chi connectivity index (χ0) is 13.9. The van der Waals surface area contributed by atoms with E-state index in [-0.39, 0.29) is 5.91 Å². The monoisotopic (exact) mass is 258 g/mol. The van der Waals surface area contributed by atoms with Gasteiger partial charge in [0.15, 0.2) is 0 Å². The molecule has 0 radical (unpaired) electrons. The highest BCUT2D eigenvalue weighted by atomic mass is 16.1. The molecule has 1 N–H and O–H groups in total. The molecule has 5 nitrogen and oxygen atoms in total. The van der Waals surface area contributed by atoms with E-state index in [0.717, 1.165) is 18.8 Å². The Hall–Kier alpha value is -1.93.